The van der Waals surface area contributed by atoms with E-state index in [1.165, 1.54) is 12.1 Å². The third kappa shape index (κ3) is 4.19. The SMILES string of the molecule is Fc1c(F)c(F)c(C#Cc2ccc(C#Cc3ccc(S)cc3)cc2)c(F)c1F. The number of hydrogen-bond acceptors (Lipinski definition) is 1. The van der Waals surface area contributed by atoms with Gasteiger partial charge in [0.05, 0.1) is 0 Å². The molecule has 0 N–H and O–H groups in total. The predicted octanol–water partition coefficient (Wildman–Crippen LogP) is 5.47. The molecule has 0 aliphatic carbocycles. The van der Waals surface area contributed by atoms with Crippen molar-refractivity contribution in [2.24, 2.45) is 0 Å². The van der Waals surface area contributed by atoms with Gasteiger partial charge in [0.25, 0.3) is 0 Å². The highest BCUT2D eigenvalue weighted by Crippen LogP contribution is 2.22. The fourth-order valence-electron chi connectivity index (χ4n) is 2.18. The van der Waals surface area contributed by atoms with Gasteiger partial charge in [-0.3, -0.25) is 0 Å². The standard InChI is InChI=1S/C22H9F5S/c23-18-17(19(24)21(26)22(27)20(18)25)12-9-14-4-1-13(2-5-14)3-6-15-7-10-16(28)11-8-15/h1-2,4-5,7-8,10-11,28H. The Hall–Kier alpha value is -3.22. The third-order valence-electron chi connectivity index (χ3n) is 3.65. The molecule has 0 aliphatic rings. The van der Waals surface area contributed by atoms with Gasteiger partial charge in [-0.05, 0) is 48.5 Å². The molecule has 0 bridgehead atoms. The van der Waals surface area contributed by atoms with Gasteiger partial charge in [0.2, 0.25) is 5.82 Å². The maximum absolute atomic E-state index is 13.6. The second-order valence-corrected chi connectivity index (χ2v) is 6.09. The van der Waals surface area contributed by atoms with E-state index < -0.39 is 34.6 Å². The van der Waals surface area contributed by atoms with E-state index in [9.17, 15) is 22.0 Å². The van der Waals surface area contributed by atoms with Crippen LogP contribution in [-0.4, -0.2) is 0 Å². The molecule has 0 heterocycles. The molecule has 0 saturated heterocycles. The minimum absolute atomic E-state index is 0.328. The van der Waals surface area contributed by atoms with Crippen LogP contribution in [0.3, 0.4) is 0 Å². The Kier molecular flexibility index (Phi) is 5.73. The summed E-state index contributed by atoms with van der Waals surface area (Å²) in [4.78, 5) is 0.822. The molecule has 0 unspecified atom stereocenters. The molecular weight excluding hydrogens is 391 g/mol. The van der Waals surface area contributed by atoms with E-state index in [2.05, 4.69) is 30.4 Å². The maximum Gasteiger partial charge on any atom is 0.200 e. The van der Waals surface area contributed by atoms with Crippen molar-refractivity contribution >= 4 is 12.6 Å². The zero-order valence-corrected chi connectivity index (χ0v) is 14.9. The first-order chi connectivity index (χ1) is 13.4. The Balaban J connectivity index is 1.85. The molecule has 0 radical (unpaired) electrons. The average Bonchev–Trinajstić information content (AvgIpc) is 2.71. The molecule has 6 heteroatoms. The smallest absolute Gasteiger partial charge is 0.200 e. The molecule has 0 aliphatic heterocycles. The minimum Gasteiger partial charge on any atom is -0.202 e. The second-order valence-electron chi connectivity index (χ2n) is 5.57. The maximum atomic E-state index is 13.6. The molecule has 3 rings (SSSR count). The van der Waals surface area contributed by atoms with Crippen LogP contribution in [0.15, 0.2) is 53.4 Å². The quantitative estimate of drug-likeness (QED) is 0.167. The number of thiol groups is 1. The van der Waals surface area contributed by atoms with Crippen molar-refractivity contribution in [1.29, 1.82) is 0 Å². The first-order valence-corrected chi connectivity index (χ1v) is 8.26. The Labute approximate surface area is 163 Å². The summed E-state index contributed by atoms with van der Waals surface area (Å²) < 4.78 is 66.6. The van der Waals surface area contributed by atoms with Gasteiger partial charge < -0.3 is 0 Å². The molecule has 28 heavy (non-hydrogen) atoms. The van der Waals surface area contributed by atoms with E-state index in [1.807, 2.05) is 30.2 Å². The second kappa shape index (κ2) is 8.21. The Morgan fingerprint density at radius 1 is 0.464 bits per heavy atom. The molecular formula is C22H9F5S. The lowest BCUT2D eigenvalue weighted by molar-refractivity contribution is 0.376. The van der Waals surface area contributed by atoms with E-state index in [4.69, 9.17) is 0 Å². The summed E-state index contributed by atoms with van der Waals surface area (Å²) in [6, 6.07) is 13.6. The van der Waals surface area contributed by atoms with E-state index in [0.717, 1.165) is 10.5 Å². The van der Waals surface area contributed by atoms with Gasteiger partial charge >= 0.3 is 0 Å². The van der Waals surface area contributed by atoms with E-state index in [1.54, 1.807) is 12.1 Å². The summed E-state index contributed by atoms with van der Waals surface area (Å²) in [5, 5.41) is 0. The van der Waals surface area contributed by atoms with Gasteiger partial charge in [-0.15, -0.1) is 12.6 Å². The highest BCUT2D eigenvalue weighted by atomic mass is 32.1. The van der Waals surface area contributed by atoms with Crippen molar-refractivity contribution in [3.8, 4) is 23.7 Å². The molecule has 3 aromatic rings. The zero-order valence-electron chi connectivity index (χ0n) is 14.0. The molecule has 0 nitrogen and oxygen atoms in total. The molecule has 0 spiro atoms. The highest BCUT2D eigenvalue weighted by molar-refractivity contribution is 7.80. The van der Waals surface area contributed by atoms with Gasteiger partial charge in [-0.25, -0.2) is 22.0 Å². The van der Waals surface area contributed by atoms with E-state index >= 15 is 0 Å². The first kappa shape index (κ1) is 19.5. The lowest BCUT2D eigenvalue weighted by atomic mass is 10.1. The lowest BCUT2D eigenvalue weighted by Crippen LogP contribution is -2.04. The number of rotatable bonds is 0. The van der Waals surface area contributed by atoms with Crippen LogP contribution in [0.1, 0.15) is 22.3 Å². The first-order valence-electron chi connectivity index (χ1n) is 7.81. The zero-order chi connectivity index (χ0) is 20.3. The normalized spacial score (nSPS) is 9.93. The van der Waals surface area contributed by atoms with Crippen LogP contribution < -0.4 is 0 Å². The van der Waals surface area contributed by atoms with Crippen molar-refractivity contribution in [3.63, 3.8) is 0 Å². The topological polar surface area (TPSA) is 0 Å². The van der Waals surface area contributed by atoms with Crippen LogP contribution in [0, 0.1) is 52.8 Å². The van der Waals surface area contributed by atoms with Crippen LogP contribution in [-0.2, 0) is 0 Å². The lowest BCUT2D eigenvalue weighted by Gasteiger charge is -2.02. The van der Waals surface area contributed by atoms with Crippen LogP contribution >= 0.6 is 12.6 Å². The number of halogens is 5. The van der Waals surface area contributed by atoms with Crippen LogP contribution in [0.25, 0.3) is 0 Å². The van der Waals surface area contributed by atoms with Gasteiger partial charge in [0, 0.05) is 21.6 Å². The predicted molar refractivity (Wildman–Crippen MR) is 98.3 cm³/mol. The van der Waals surface area contributed by atoms with Crippen molar-refractivity contribution in [1.82, 2.24) is 0 Å². The van der Waals surface area contributed by atoms with Crippen molar-refractivity contribution in [2.75, 3.05) is 0 Å². The monoisotopic (exact) mass is 400 g/mol. The summed E-state index contributed by atoms with van der Waals surface area (Å²) in [6.45, 7) is 0. The summed E-state index contributed by atoms with van der Waals surface area (Å²) >= 11 is 4.19. The van der Waals surface area contributed by atoms with E-state index in [0.29, 0.717) is 11.1 Å². The molecule has 0 atom stereocenters. The fraction of sp³-hybridized carbons (Fsp3) is 0. The van der Waals surface area contributed by atoms with Gasteiger partial charge in [0.15, 0.2) is 23.3 Å². The molecule has 3 aromatic carbocycles. The van der Waals surface area contributed by atoms with E-state index in [-0.39, 0.29) is 0 Å². The largest absolute Gasteiger partial charge is 0.202 e. The van der Waals surface area contributed by atoms with Gasteiger partial charge in [0.1, 0.15) is 5.56 Å². The van der Waals surface area contributed by atoms with Crippen molar-refractivity contribution in [3.05, 3.63) is 99.9 Å². The molecule has 138 valence electrons. The Bertz CT molecular complexity index is 1130. The fourth-order valence-corrected chi connectivity index (χ4v) is 2.32. The van der Waals surface area contributed by atoms with Crippen LogP contribution in [0.2, 0.25) is 0 Å². The van der Waals surface area contributed by atoms with Crippen molar-refractivity contribution in [2.45, 2.75) is 4.90 Å². The number of hydrogen-bond donors (Lipinski definition) is 1. The average molecular weight is 400 g/mol. The minimum atomic E-state index is -2.22. The third-order valence-corrected chi connectivity index (χ3v) is 3.94. The number of benzene rings is 3. The van der Waals surface area contributed by atoms with Crippen LogP contribution in [0.5, 0.6) is 0 Å². The molecule has 0 aromatic heterocycles. The molecule has 0 amide bonds. The summed E-state index contributed by atoms with van der Waals surface area (Å²) in [6.07, 6.45) is 0. The Morgan fingerprint density at radius 2 is 0.786 bits per heavy atom. The van der Waals surface area contributed by atoms with Gasteiger partial charge in [-0.1, -0.05) is 23.7 Å². The van der Waals surface area contributed by atoms with Crippen LogP contribution in [0.4, 0.5) is 22.0 Å². The Morgan fingerprint density at radius 3 is 1.21 bits per heavy atom. The van der Waals surface area contributed by atoms with Crippen molar-refractivity contribution < 1.29 is 22.0 Å². The summed E-state index contributed by atoms with van der Waals surface area (Å²) in [5.74, 6) is 0.0868. The highest BCUT2D eigenvalue weighted by Gasteiger charge is 2.24. The molecule has 0 saturated carbocycles. The summed E-state index contributed by atoms with van der Waals surface area (Å²) in [7, 11) is 0. The van der Waals surface area contributed by atoms with Gasteiger partial charge in [-0.2, -0.15) is 0 Å². The molecule has 0 fully saturated rings. The summed E-state index contributed by atoms with van der Waals surface area (Å²) in [5.41, 5.74) is 0.617.